The zero-order valence-corrected chi connectivity index (χ0v) is 18.4. The van der Waals surface area contributed by atoms with E-state index in [0.717, 1.165) is 25.1 Å². The third-order valence-corrected chi connectivity index (χ3v) is 5.08. The van der Waals surface area contributed by atoms with Crippen molar-refractivity contribution in [2.24, 2.45) is 0 Å². The van der Waals surface area contributed by atoms with E-state index in [4.69, 9.17) is 9.47 Å². The predicted octanol–water partition coefficient (Wildman–Crippen LogP) is 3.42. The lowest BCUT2D eigenvalue weighted by Gasteiger charge is -2.24. The summed E-state index contributed by atoms with van der Waals surface area (Å²) in [6.45, 7) is 8.80. The predicted molar refractivity (Wildman–Crippen MR) is 119 cm³/mol. The Morgan fingerprint density at radius 3 is 2.38 bits per heavy atom. The summed E-state index contributed by atoms with van der Waals surface area (Å²) in [5.74, 6) is 1.34. The van der Waals surface area contributed by atoms with E-state index in [1.165, 1.54) is 11.1 Å². The molecule has 5 nitrogen and oxygen atoms in total. The average molecular weight is 401 g/mol. The smallest absolute Gasteiger partial charge is 0.161 e. The summed E-state index contributed by atoms with van der Waals surface area (Å²) < 4.78 is 11.3. The number of methoxy groups -OCH3 is 1. The van der Waals surface area contributed by atoms with Crippen molar-refractivity contribution in [1.82, 2.24) is 10.2 Å². The van der Waals surface area contributed by atoms with Crippen LogP contribution < -0.4 is 14.8 Å². The van der Waals surface area contributed by atoms with Gasteiger partial charge in [0.15, 0.2) is 11.5 Å². The van der Waals surface area contributed by atoms with Crippen LogP contribution in [-0.4, -0.2) is 56.0 Å². The maximum atomic E-state index is 10.2. The molecule has 0 aliphatic heterocycles. The van der Waals surface area contributed by atoms with Crippen molar-refractivity contribution in [3.8, 4) is 11.5 Å². The molecule has 2 aromatic rings. The minimum atomic E-state index is -0.546. The van der Waals surface area contributed by atoms with Crippen LogP contribution in [0.3, 0.4) is 0 Å². The van der Waals surface area contributed by atoms with Gasteiger partial charge in [-0.25, -0.2) is 0 Å². The van der Waals surface area contributed by atoms with Crippen molar-refractivity contribution in [2.45, 2.75) is 45.9 Å². The second-order valence-electron chi connectivity index (χ2n) is 7.90. The standard InChI is InChI=1S/C24H36N2O3/c1-18(2)26(4)16-22(27)17-29-23-11-10-21(14-24(23)28-5)15-25-13-12-20-8-6-19(3)7-9-20/h6-11,14,18,22,25,27H,12-13,15-17H2,1-5H3. The zero-order chi connectivity index (χ0) is 21.2. The van der Waals surface area contributed by atoms with E-state index in [0.29, 0.717) is 24.1 Å². The lowest BCUT2D eigenvalue weighted by atomic mass is 10.1. The van der Waals surface area contributed by atoms with E-state index in [9.17, 15) is 5.11 Å². The molecule has 0 radical (unpaired) electrons. The number of rotatable bonds is 12. The van der Waals surface area contributed by atoms with Crippen LogP contribution in [0.15, 0.2) is 42.5 Å². The van der Waals surface area contributed by atoms with E-state index in [1.807, 2.05) is 25.2 Å². The van der Waals surface area contributed by atoms with Gasteiger partial charge in [-0.15, -0.1) is 0 Å². The molecule has 1 unspecified atom stereocenters. The topological polar surface area (TPSA) is 54.0 Å². The minimum Gasteiger partial charge on any atom is -0.493 e. The van der Waals surface area contributed by atoms with E-state index in [2.05, 4.69) is 55.3 Å². The fraction of sp³-hybridized carbons (Fsp3) is 0.500. The van der Waals surface area contributed by atoms with Crippen molar-refractivity contribution in [2.75, 3.05) is 33.9 Å². The molecular weight excluding hydrogens is 364 g/mol. The summed E-state index contributed by atoms with van der Waals surface area (Å²) >= 11 is 0. The number of benzene rings is 2. The van der Waals surface area contributed by atoms with Crippen molar-refractivity contribution >= 4 is 0 Å². The molecule has 5 heteroatoms. The largest absolute Gasteiger partial charge is 0.493 e. The Kier molecular flexibility index (Phi) is 9.45. The van der Waals surface area contributed by atoms with Gasteiger partial charge in [0.05, 0.1) is 7.11 Å². The van der Waals surface area contributed by atoms with Crippen LogP contribution in [0.4, 0.5) is 0 Å². The molecule has 0 heterocycles. The summed E-state index contributed by atoms with van der Waals surface area (Å²) in [6, 6.07) is 15.0. The van der Waals surface area contributed by atoms with Crippen LogP contribution in [0.5, 0.6) is 11.5 Å². The van der Waals surface area contributed by atoms with Gasteiger partial charge in [-0.05, 0) is 64.0 Å². The monoisotopic (exact) mass is 400 g/mol. The molecule has 0 aromatic heterocycles. The highest BCUT2D eigenvalue weighted by Gasteiger charge is 2.13. The second-order valence-corrected chi connectivity index (χ2v) is 7.90. The van der Waals surface area contributed by atoms with Crippen LogP contribution >= 0.6 is 0 Å². The molecule has 0 saturated carbocycles. The normalized spacial score (nSPS) is 12.4. The highest BCUT2D eigenvalue weighted by molar-refractivity contribution is 5.43. The lowest BCUT2D eigenvalue weighted by Crippen LogP contribution is -2.36. The van der Waals surface area contributed by atoms with E-state index in [-0.39, 0.29) is 6.61 Å². The maximum Gasteiger partial charge on any atom is 0.161 e. The molecule has 0 fully saturated rings. The summed E-state index contributed by atoms with van der Waals surface area (Å²) in [4.78, 5) is 2.09. The Morgan fingerprint density at radius 2 is 1.72 bits per heavy atom. The molecule has 0 saturated heterocycles. The minimum absolute atomic E-state index is 0.238. The van der Waals surface area contributed by atoms with Gasteiger partial charge in [0, 0.05) is 19.1 Å². The Bertz CT molecular complexity index is 731. The van der Waals surface area contributed by atoms with Crippen molar-refractivity contribution in [1.29, 1.82) is 0 Å². The molecule has 0 aliphatic carbocycles. The fourth-order valence-electron chi connectivity index (χ4n) is 2.94. The SMILES string of the molecule is COc1cc(CNCCc2ccc(C)cc2)ccc1OCC(O)CN(C)C(C)C. The highest BCUT2D eigenvalue weighted by Crippen LogP contribution is 2.28. The number of ether oxygens (including phenoxy) is 2. The fourth-order valence-corrected chi connectivity index (χ4v) is 2.94. The van der Waals surface area contributed by atoms with E-state index in [1.54, 1.807) is 7.11 Å². The molecule has 2 rings (SSSR count). The Morgan fingerprint density at radius 1 is 1.03 bits per heavy atom. The highest BCUT2D eigenvalue weighted by atomic mass is 16.5. The van der Waals surface area contributed by atoms with Gasteiger partial charge in [0.1, 0.15) is 12.7 Å². The number of hydrogen-bond donors (Lipinski definition) is 2. The first-order valence-electron chi connectivity index (χ1n) is 10.3. The molecule has 2 N–H and O–H groups in total. The Hall–Kier alpha value is -2.08. The van der Waals surface area contributed by atoms with Crippen molar-refractivity contribution in [3.05, 3.63) is 59.2 Å². The second kappa shape index (κ2) is 11.8. The third kappa shape index (κ3) is 8.05. The number of aryl methyl sites for hydroxylation is 1. The maximum absolute atomic E-state index is 10.2. The third-order valence-electron chi connectivity index (χ3n) is 5.08. The van der Waals surface area contributed by atoms with Crippen LogP contribution in [0.25, 0.3) is 0 Å². The van der Waals surface area contributed by atoms with Gasteiger partial charge in [-0.1, -0.05) is 35.9 Å². The quantitative estimate of drug-likeness (QED) is 0.535. The summed E-state index contributed by atoms with van der Waals surface area (Å²) in [6.07, 6.45) is 0.455. The first-order chi connectivity index (χ1) is 13.9. The van der Waals surface area contributed by atoms with E-state index >= 15 is 0 Å². The van der Waals surface area contributed by atoms with Crippen molar-refractivity contribution < 1.29 is 14.6 Å². The summed E-state index contributed by atoms with van der Waals surface area (Å²) in [5, 5.41) is 13.7. The molecule has 0 aliphatic rings. The molecule has 2 aromatic carbocycles. The van der Waals surface area contributed by atoms with Gasteiger partial charge in [0.2, 0.25) is 0 Å². The van der Waals surface area contributed by atoms with Gasteiger partial charge < -0.3 is 24.8 Å². The van der Waals surface area contributed by atoms with Crippen LogP contribution in [-0.2, 0) is 13.0 Å². The van der Waals surface area contributed by atoms with Gasteiger partial charge in [-0.2, -0.15) is 0 Å². The number of hydrogen-bond acceptors (Lipinski definition) is 5. The van der Waals surface area contributed by atoms with E-state index < -0.39 is 6.10 Å². The molecule has 0 amide bonds. The Balaban J connectivity index is 1.80. The van der Waals surface area contributed by atoms with Gasteiger partial charge >= 0.3 is 0 Å². The lowest BCUT2D eigenvalue weighted by molar-refractivity contribution is 0.0668. The van der Waals surface area contributed by atoms with Crippen molar-refractivity contribution in [3.63, 3.8) is 0 Å². The number of likely N-dealkylation sites (N-methyl/N-ethyl adjacent to an activating group) is 1. The molecule has 160 valence electrons. The molecular formula is C24H36N2O3. The molecule has 0 spiro atoms. The molecule has 0 bridgehead atoms. The van der Waals surface area contributed by atoms with Crippen LogP contribution in [0, 0.1) is 6.92 Å². The first-order valence-corrected chi connectivity index (χ1v) is 10.3. The van der Waals surface area contributed by atoms with Gasteiger partial charge in [0.25, 0.3) is 0 Å². The Labute approximate surface area is 175 Å². The first kappa shape index (κ1) is 23.2. The number of aliphatic hydroxyl groups excluding tert-OH is 1. The molecule has 1 atom stereocenters. The number of aliphatic hydroxyl groups is 1. The summed E-state index contributed by atoms with van der Waals surface area (Å²) in [7, 11) is 3.63. The number of nitrogens with one attached hydrogen (secondary N) is 1. The summed E-state index contributed by atoms with van der Waals surface area (Å²) in [5.41, 5.74) is 3.76. The molecule has 29 heavy (non-hydrogen) atoms. The van der Waals surface area contributed by atoms with Crippen LogP contribution in [0.1, 0.15) is 30.5 Å². The van der Waals surface area contributed by atoms with Crippen LogP contribution in [0.2, 0.25) is 0 Å². The number of nitrogens with zero attached hydrogens (tertiary/aromatic N) is 1. The average Bonchev–Trinajstić information content (AvgIpc) is 2.71. The van der Waals surface area contributed by atoms with Gasteiger partial charge in [-0.3, -0.25) is 0 Å². The zero-order valence-electron chi connectivity index (χ0n) is 18.4.